The Morgan fingerprint density at radius 1 is 1.31 bits per heavy atom. The second-order valence-corrected chi connectivity index (χ2v) is 4.27. The van der Waals surface area contributed by atoms with Gasteiger partial charge in [-0.3, -0.25) is 0 Å². The van der Waals surface area contributed by atoms with E-state index in [4.69, 9.17) is 28.3 Å². The number of rotatable bonds is 2. The van der Waals surface area contributed by atoms with E-state index in [1.807, 2.05) is 18.2 Å². The van der Waals surface area contributed by atoms with Gasteiger partial charge in [-0.1, -0.05) is 29.3 Å². The maximum Gasteiger partial charge on any atom is 0.0595 e. The van der Waals surface area contributed by atoms with Gasteiger partial charge >= 0.3 is 0 Å². The van der Waals surface area contributed by atoms with Gasteiger partial charge in [0.25, 0.3) is 0 Å². The molecule has 0 bridgehead atoms. The molecule has 0 aliphatic heterocycles. The predicted molar refractivity (Wildman–Crippen MR) is 54.4 cm³/mol. The van der Waals surface area contributed by atoms with Crippen LogP contribution in [0.15, 0.2) is 18.2 Å². The van der Waals surface area contributed by atoms with Gasteiger partial charge in [-0.15, -0.1) is 0 Å². The zero-order valence-corrected chi connectivity index (χ0v) is 8.52. The standard InChI is InChI=1S/C10H10Cl2O/c11-9-2-1-6(4-10(9)12)8-3-7(8)5-13/h1-2,4,7-8,13H,3,5H2/t7-,8-/m1/s1. The minimum absolute atomic E-state index is 0.269. The van der Waals surface area contributed by atoms with Crippen LogP contribution in [0.25, 0.3) is 0 Å². The van der Waals surface area contributed by atoms with Gasteiger partial charge in [-0.25, -0.2) is 0 Å². The third-order valence-electron chi connectivity index (χ3n) is 2.53. The summed E-state index contributed by atoms with van der Waals surface area (Å²) in [5, 5.41) is 10.1. The van der Waals surface area contributed by atoms with Crippen LogP contribution in [-0.4, -0.2) is 11.7 Å². The molecule has 0 saturated heterocycles. The SMILES string of the molecule is OC[C@H]1C[C@@H]1c1ccc(Cl)c(Cl)c1. The van der Waals surface area contributed by atoms with Crippen LogP contribution in [0, 0.1) is 5.92 Å². The maximum atomic E-state index is 8.90. The molecule has 1 nitrogen and oxygen atoms in total. The normalized spacial score (nSPS) is 26.1. The van der Waals surface area contributed by atoms with Crippen molar-refractivity contribution in [1.82, 2.24) is 0 Å². The van der Waals surface area contributed by atoms with E-state index in [-0.39, 0.29) is 6.61 Å². The molecule has 1 aromatic carbocycles. The highest BCUT2D eigenvalue weighted by Crippen LogP contribution is 2.47. The summed E-state index contributed by atoms with van der Waals surface area (Å²) in [5.74, 6) is 0.914. The summed E-state index contributed by atoms with van der Waals surface area (Å²) in [6.45, 7) is 0.269. The van der Waals surface area contributed by atoms with Crippen LogP contribution in [0.3, 0.4) is 0 Å². The lowest BCUT2D eigenvalue weighted by atomic mass is 10.1. The number of halogens is 2. The molecule has 3 heteroatoms. The van der Waals surface area contributed by atoms with Gasteiger partial charge in [0, 0.05) is 6.61 Å². The molecule has 1 aromatic rings. The molecular formula is C10H10Cl2O. The van der Waals surface area contributed by atoms with Crippen LogP contribution in [0.4, 0.5) is 0 Å². The molecule has 0 unspecified atom stereocenters. The first-order valence-electron chi connectivity index (χ1n) is 4.28. The second kappa shape index (κ2) is 3.49. The molecule has 0 spiro atoms. The summed E-state index contributed by atoms with van der Waals surface area (Å²) in [5.41, 5.74) is 1.19. The summed E-state index contributed by atoms with van der Waals surface area (Å²) in [4.78, 5) is 0. The lowest BCUT2D eigenvalue weighted by Crippen LogP contribution is -1.88. The van der Waals surface area contributed by atoms with E-state index in [1.54, 1.807) is 0 Å². The first kappa shape index (κ1) is 9.32. The molecule has 1 N–H and O–H groups in total. The van der Waals surface area contributed by atoms with Gasteiger partial charge in [0.05, 0.1) is 10.0 Å². The quantitative estimate of drug-likeness (QED) is 0.806. The smallest absolute Gasteiger partial charge is 0.0595 e. The largest absolute Gasteiger partial charge is 0.396 e. The molecule has 13 heavy (non-hydrogen) atoms. The maximum absolute atomic E-state index is 8.90. The molecule has 2 atom stereocenters. The van der Waals surface area contributed by atoms with Gasteiger partial charge < -0.3 is 5.11 Å². The average molecular weight is 217 g/mol. The minimum atomic E-state index is 0.269. The van der Waals surface area contributed by atoms with Crippen molar-refractivity contribution in [2.24, 2.45) is 5.92 Å². The molecule has 1 aliphatic carbocycles. The van der Waals surface area contributed by atoms with Crippen LogP contribution in [-0.2, 0) is 0 Å². The van der Waals surface area contributed by atoms with Gasteiger partial charge in [0.2, 0.25) is 0 Å². The van der Waals surface area contributed by atoms with E-state index >= 15 is 0 Å². The molecule has 0 aromatic heterocycles. The number of aliphatic hydroxyl groups is 1. The van der Waals surface area contributed by atoms with Crippen molar-refractivity contribution >= 4 is 23.2 Å². The minimum Gasteiger partial charge on any atom is -0.396 e. The zero-order valence-electron chi connectivity index (χ0n) is 7.00. The molecule has 0 amide bonds. The molecular weight excluding hydrogens is 207 g/mol. The highest BCUT2D eigenvalue weighted by atomic mass is 35.5. The topological polar surface area (TPSA) is 20.2 Å². The number of benzene rings is 1. The van der Waals surface area contributed by atoms with Crippen LogP contribution in [0.1, 0.15) is 17.9 Å². The van der Waals surface area contributed by atoms with Crippen molar-refractivity contribution in [1.29, 1.82) is 0 Å². The third kappa shape index (κ3) is 1.83. The van der Waals surface area contributed by atoms with E-state index in [9.17, 15) is 0 Å². The third-order valence-corrected chi connectivity index (χ3v) is 3.27. The number of hydrogen-bond acceptors (Lipinski definition) is 1. The molecule has 1 fully saturated rings. The van der Waals surface area contributed by atoms with Gasteiger partial charge in [0.1, 0.15) is 0 Å². The van der Waals surface area contributed by atoms with Crippen molar-refractivity contribution in [3.8, 4) is 0 Å². The molecule has 1 aliphatic rings. The van der Waals surface area contributed by atoms with Gasteiger partial charge in [-0.05, 0) is 36.0 Å². The molecule has 1 saturated carbocycles. The zero-order chi connectivity index (χ0) is 9.42. The lowest BCUT2D eigenvalue weighted by Gasteiger charge is -2.01. The molecule has 70 valence electrons. The average Bonchev–Trinajstić information content (AvgIpc) is 2.88. The van der Waals surface area contributed by atoms with E-state index < -0.39 is 0 Å². The van der Waals surface area contributed by atoms with Crippen LogP contribution in [0.5, 0.6) is 0 Å². The highest BCUT2D eigenvalue weighted by molar-refractivity contribution is 6.42. The van der Waals surface area contributed by atoms with Crippen molar-refractivity contribution in [3.63, 3.8) is 0 Å². The summed E-state index contributed by atoms with van der Waals surface area (Å²) >= 11 is 11.7. The first-order chi connectivity index (χ1) is 6.22. The van der Waals surface area contributed by atoms with Crippen molar-refractivity contribution < 1.29 is 5.11 Å². The summed E-state index contributed by atoms with van der Waals surface area (Å²) in [6, 6.07) is 5.69. The Morgan fingerprint density at radius 3 is 2.62 bits per heavy atom. The van der Waals surface area contributed by atoms with Gasteiger partial charge in [-0.2, -0.15) is 0 Å². The van der Waals surface area contributed by atoms with E-state index in [2.05, 4.69) is 0 Å². The Labute approximate surface area is 87.3 Å². The Kier molecular flexibility index (Phi) is 2.50. The Bertz CT molecular complexity index is 325. The second-order valence-electron chi connectivity index (χ2n) is 3.46. The van der Waals surface area contributed by atoms with Crippen molar-refractivity contribution in [3.05, 3.63) is 33.8 Å². The highest BCUT2D eigenvalue weighted by Gasteiger charge is 2.37. The first-order valence-corrected chi connectivity index (χ1v) is 5.03. The van der Waals surface area contributed by atoms with E-state index in [0.717, 1.165) is 6.42 Å². The van der Waals surface area contributed by atoms with Gasteiger partial charge in [0.15, 0.2) is 0 Å². The fourth-order valence-corrected chi connectivity index (χ4v) is 1.91. The molecule has 0 radical (unpaired) electrons. The molecule has 2 rings (SSSR count). The Hall–Kier alpha value is -0.240. The fraction of sp³-hybridized carbons (Fsp3) is 0.400. The van der Waals surface area contributed by atoms with E-state index in [0.29, 0.717) is 21.9 Å². The van der Waals surface area contributed by atoms with Crippen molar-refractivity contribution in [2.75, 3.05) is 6.61 Å². The predicted octanol–water partition coefficient (Wildman–Crippen LogP) is 3.09. The van der Waals surface area contributed by atoms with Crippen molar-refractivity contribution in [2.45, 2.75) is 12.3 Å². The fourth-order valence-electron chi connectivity index (χ4n) is 1.60. The summed E-state index contributed by atoms with van der Waals surface area (Å²) < 4.78 is 0. The Balaban J connectivity index is 2.19. The lowest BCUT2D eigenvalue weighted by molar-refractivity contribution is 0.274. The Morgan fingerprint density at radius 2 is 2.08 bits per heavy atom. The summed E-state index contributed by atoms with van der Waals surface area (Å²) in [6.07, 6.45) is 1.06. The monoisotopic (exact) mass is 216 g/mol. The summed E-state index contributed by atoms with van der Waals surface area (Å²) in [7, 11) is 0. The number of aliphatic hydroxyl groups excluding tert-OH is 1. The van der Waals surface area contributed by atoms with Crippen LogP contribution in [0.2, 0.25) is 10.0 Å². The number of hydrogen-bond donors (Lipinski definition) is 1. The van der Waals surface area contributed by atoms with Crippen LogP contribution >= 0.6 is 23.2 Å². The molecule has 0 heterocycles. The van der Waals surface area contributed by atoms with E-state index in [1.165, 1.54) is 5.56 Å². The van der Waals surface area contributed by atoms with Crippen LogP contribution < -0.4 is 0 Å².